The van der Waals surface area contributed by atoms with E-state index in [9.17, 15) is 9.59 Å². The summed E-state index contributed by atoms with van der Waals surface area (Å²) in [5, 5.41) is 5.64. The molecule has 7 heteroatoms. The van der Waals surface area contributed by atoms with Gasteiger partial charge in [-0.2, -0.15) is 0 Å². The lowest BCUT2D eigenvalue weighted by Gasteiger charge is -2.20. The predicted molar refractivity (Wildman–Crippen MR) is 159 cm³/mol. The van der Waals surface area contributed by atoms with Gasteiger partial charge in [-0.1, -0.05) is 97.1 Å². The van der Waals surface area contributed by atoms with E-state index >= 15 is 0 Å². The fraction of sp³-hybridized carbons (Fsp3) is 0.235. The maximum atomic E-state index is 12.8. The third-order valence-corrected chi connectivity index (χ3v) is 8.02. The number of nitrogens with two attached hydrogens (primary N) is 1. The summed E-state index contributed by atoms with van der Waals surface area (Å²) in [6.45, 7) is 0.967. The molecule has 0 spiro atoms. The Morgan fingerprint density at radius 2 is 1.02 bits per heavy atom. The largest absolute Gasteiger partial charge is 0.449 e. The van der Waals surface area contributed by atoms with Crippen LogP contribution in [0.25, 0.3) is 22.3 Å². The van der Waals surface area contributed by atoms with Gasteiger partial charge in [-0.15, -0.1) is 0 Å². The molecule has 0 bridgehead atoms. The van der Waals surface area contributed by atoms with E-state index in [1.54, 1.807) is 0 Å². The Kier molecular flexibility index (Phi) is 7.69. The SMILES string of the molecule is NCCC(CNC(=O)OCC1c2ccccc2-c2ccccc21)NC(=O)OCC1c2ccccc2-c2ccccc21. The van der Waals surface area contributed by atoms with Gasteiger partial charge in [-0.05, 0) is 57.5 Å². The number of rotatable bonds is 9. The summed E-state index contributed by atoms with van der Waals surface area (Å²) in [5.41, 5.74) is 15.1. The molecule has 1 unspecified atom stereocenters. The number of ether oxygens (including phenoxy) is 2. The van der Waals surface area contributed by atoms with Crippen LogP contribution in [0.15, 0.2) is 97.1 Å². The number of amides is 2. The molecule has 2 aliphatic carbocycles. The number of carbonyl (C=O) groups is 2. The molecule has 6 rings (SSSR count). The Morgan fingerprint density at radius 1 is 0.634 bits per heavy atom. The average molecular weight is 548 g/mol. The van der Waals surface area contributed by atoms with Gasteiger partial charge in [0.1, 0.15) is 13.2 Å². The number of nitrogens with one attached hydrogen (secondary N) is 2. The van der Waals surface area contributed by atoms with Crippen LogP contribution in [0.3, 0.4) is 0 Å². The first-order chi connectivity index (χ1) is 20.1. The number of hydrogen-bond acceptors (Lipinski definition) is 5. The van der Waals surface area contributed by atoms with E-state index in [2.05, 4.69) is 59.2 Å². The van der Waals surface area contributed by atoms with Crippen LogP contribution in [0, 0.1) is 0 Å². The molecule has 0 radical (unpaired) electrons. The van der Waals surface area contributed by atoms with E-state index in [-0.39, 0.29) is 31.6 Å². The lowest BCUT2D eigenvalue weighted by Crippen LogP contribution is -2.45. The molecule has 4 N–H and O–H groups in total. The van der Waals surface area contributed by atoms with Gasteiger partial charge in [-0.25, -0.2) is 9.59 Å². The average Bonchev–Trinajstić information content (AvgIpc) is 3.50. The van der Waals surface area contributed by atoms with Gasteiger partial charge in [-0.3, -0.25) is 0 Å². The van der Waals surface area contributed by atoms with Crippen LogP contribution in [0.5, 0.6) is 0 Å². The fourth-order valence-electron chi connectivity index (χ4n) is 6.09. The van der Waals surface area contributed by atoms with Crippen molar-refractivity contribution in [3.05, 3.63) is 119 Å². The van der Waals surface area contributed by atoms with Gasteiger partial charge in [0.15, 0.2) is 0 Å². The topological polar surface area (TPSA) is 103 Å². The molecular formula is C34H33N3O4. The summed E-state index contributed by atoms with van der Waals surface area (Å²) in [7, 11) is 0. The molecule has 0 saturated carbocycles. The number of benzene rings is 4. The first-order valence-electron chi connectivity index (χ1n) is 14.0. The van der Waals surface area contributed by atoms with Gasteiger partial charge >= 0.3 is 12.2 Å². The molecule has 0 saturated heterocycles. The van der Waals surface area contributed by atoms with Crippen LogP contribution >= 0.6 is 0 Å². The third-order valence-electron chi connectivity index (χ3n) is 8.02. The maximum Gasteiger partial charge on any atom is 0.407 e. The Bertz CT molecular complexity index is 1480. The summed E-state index contributed by atoms with van der Waals surface area (Å²) in [5.74, 6) is -0.0491. The summed E-state index contributed by atoms with van der Waals surface area (Å²) in [6, 6.07) is 32.4. The van der Waals surface area contributed by atoms with E-state index in [4.69, 9.17) is 15.2 Å². The van der Waals surface area contributed by atoms with Crippen LogP contribution in [0.1, 0.15) is 40.5 Å². The zero-order valence-electron chi connectivity index (χ0n) is 22.7. The van der Waals surface area contributed by atoms with Gasteiger partial charge in [0.2, 0.25) is 0 Å². The van der Waals surface area contributed by atoms with Crippen molar-refractivity contribution in [1.29, 1.82) is 0 Å². The molecule has 0 aromatic heterocycles. The second kappa shape index (κ2) is 11.9. The smallest absolute Gasteiger partial charge is 0.407 e. The second-order valence-electron chi connectivity index (χ2n) is 10.5. The highest BCUT2D eigenvalue weighted by molar-refractivity contribution is 5.80. The predicted octanol–water partition coefficient (Wildman–Crippen LogP) is 5.78. The normalized spacial score (nSPS) is 13.9. The minimum absolute atomic E-state index is 0.0214. The van der Waals surface area contributed by atoms with Crippen molar-refractivity contribution in [1.82, 2.24) is 10.6 Å². The van der Waals surface area contributed by atoms with E-state index in [0.717, 1.165) is 22.3 Å². The van der Waals surface area contributed by atoms with Crippen molar-refractivity contribution in [2.45, 2.75) is 24.3 Å². The van der Waals surface area contributed by atoms with Crippen molar-refractivity contribution >= 4 is 12.2 Å². The highest BCUT2D eigenvalue weighted by atomic mass is 16.6. The van der Waals surface area contributed by atoms with E-state index in [1.807, 2.05) is 48.5 Å². The number of fused-ring (bicyclic) bond motifs is 6. The Morgan fingerprint density at radius 3 is 1.44 bits per heavy atom. The molecule has 7 nitrogen and oxygen atoms in total. The monoisotopic (exact) mass is 547 g/mol. The molecule has 1 atom stereocenters. The third kappa shape index (κ3) is 5.41. The molecule has 2 amide bonds. The van der Waals surface area contributed by atoms with Gasteiger partial charge in [0, 0.05) is 18.4 Å². The van der Waals surface area contributed by atoms with E-state index in [0.29, 0.717) is 13.0 Å². The molecule has 0 heterocycles. The van der Waals surface area contributed by atoms with Crippen molar-refractivity contribution < 1.29 is 19.1 Å². The number of hydrogen-bond donors (Lipinski definition) is 3. The summed E-state index contributed by atoms with van der Waals surface area (Å²) >= 11 is 0. The van der Waals surface area contributed by atoms with Gasteiger partial charge < -0.3 is 25.8 Å². The highest BCUT2D eigenvalue weighted by Crippen LogP contribution is 2.45. The molecule has 0 aliphatic heterocycles. The van der Waals surface area contributed by atoms with Crippen molar-refractivity contribution in [2.24, 2.45) is 5.73 Å². The molecule has 208 valence electrons. The van der Waals surface area contributed by atoms with Gasteiger partial charge in [0.25, 0.3) is 0 Å². The standard InChI is InChI=1S/C34H33N3O4/c35-18-17-22(37-34(39)41-21-32-29-15-7-3-11-25(29)26-12-4-8-16-30(26)32)19-36-33(38)40-20-31-27-13-5-1-9-23(27)24-10-2-6-14-28(24)31/h1-16,22,31-32H,17-21,35H2,(H,36,38)(H,37,39). The van der Waals surface area contributed by atoms with Crippen molar-refractivity contribution in [3.63, 3.8) is 0 Å². The number of alkyl carbamates (subject to hydrolysis) is 2. The molecular weight excluding hydrogens is 514 g/mol. The first kappa shape index (κ1) is 26.6. The summed E-state index contributed by atoms with van der Waals surface area (Å²) < 4.78 is 11.3. The highest BCUT2D eigenvalue weighted by Gasteiger charge is 2.30. The van der Waals surface area contributed by atoms with E-state index < -0.39 is 18.2 Å². The maximum absolute atomic E-state index is 12.8. The van der Waals surface area contributed by atoms with Crippen LogP contribution in [-0.2, 0) is 9.47 Å². The van der Waals surface area contributed by atoms with Crippen molar-refractivity contribution in [2.75, 3.05) is 26.3 Å². The zero-order chi connectivity index (χ0) is 28.2. The molecule has 41 heavy (non-hydrogen) atoms. The zero-order valence-corrected chi connectivity index (χ0v) is 22.7. The van der Waals surface area contributed by atoms with Crippen LogP contribution in [0.2, 0.25) is 0 Å². The Balaban J connectivity index is 1.01. The first-order valence-corrected chi connectivity index (χ1v) is 14.0. The Labute approximate surface area is 239 Å². The molecule has 4 aromatic carbocycles. The quantitative estimate of drug-likeness (QED) is 0.247. The molecule has 0 fully saturated rings. The number of carbonyl (C=O) groups excluding carboxylic acids is 2. The summed E-state index contributed by atoms with van der Waals surface area (Å²) in [4.78, 5) is 25.4. The van der Waals surface area contributed by atoms with E-state index in [1.165, 1.54) is 22.3 Å². The molecule has 2 aliphatic rings. The fourth-order valence-corrected chi connectivity index (χ4v) is 6.09. The van der Waals surface area contributed by atoms with Gasteiger partial charge in [0.05, 0.1) is 6.04 Å². The van der Waals surface area contributed by atoms with Crippen LogP contribution in [-0.4, -0.2) is 44.5 Å². The lowest BCUT2D eigenvalue weighted by molar-refractivity contribution is 0.133. The van der Waals surface area contributed by atoms with Crippen LogP contribution < -0.4 is 16.4 Å². The molecule has 4 aromatic rings. The van der Waals surface area contributed by atoms with Crippen LogP contribution in [0.4, 0.5) is 9.59 Å². The summed E-state index contributed by atoms with van der Waals surface area (Å²) in [6.07, 6.45) is -0.601. The minimum atomic E-state index is -0.542. The second-order valence-corrected chi connectivity index (χ2v) is 10.5. The lowest BCUT2D eigenvalue weighted by atomic mass is 9.98. The minimum Gasteiger partial charge on any atom is -0.449 e. The Hall–Kier alpha value is -4.62. The van der Waals surface area contributed by atoms with Crippen molar-refractivity contribution in [3.8, 4) is 22.3 Å².